The summed E-state index contributed by atoms with van der Waals surface area (Å²) in [5.41, 5.74) is 4.59. The van der Waals surface area contributed by atoms with Gasteiger partial charge in [-0.1, -0.05) is 47.5 Å². The van der Waals surface area contributed by atoms with Crippen LogP contribution in [-0.4, -0.2) is 56.7 Å². The summed E-state index contributed by atoms with van der Waals surface area (Å²) in [6, 6.07) is 12.2. The summed E-state index contributed by atoms with van der Waals surface area (Å²) in [6.07, 6.45) is 2.43. The van der Waals surface area contributed by atoms with Crippen LogP contribution in [-0.2, 0) is 16.0 Å². The molecule has 3 aliphatic rings. The van der Waals surface area contributed by atoms with E-state index in [1.54, 1.807) is 0 Å². The molecule has 3 aliphatic heterocycles. The maximum absolute atomic E-state index is 12.3. The van der Waals surface area contributed by atoms with Gasteiger partial charge in [0.1, 0.15) is 6.10 Å². The number of benzene rings is 2. The van der Waals surface area contributed by atoms with E-state index < -0.39 is 0 Å². The van der Waals surface area contributed by atoms with Gasteiger partial charge in [-0.25, -0.2) is 0 Å². The molecular weight excluding hydrogens is 433 g/mol. The monoisotopic (exact) mass is 459 g/mol. The van der Waals surface area contributed by atoms with Gasteiger partial charge in [0.05, 0.1) is 28.0 Å². The van der Waals surface area contributed by atoms with Gasteiger partial charge in [-0.05, 0) is 30.5 Å². The lowest BCUT2D eigenvalue weighted by molar-refractivity contribution is -0.119. The summed E-state index contributed by atoms with van der Waals surface area (Å²) in [5.74, 6) is 0.226. The number of aryl methyl sites for hydroxylation is 1. The average molecular weight is 460 g/mol. The van der Waals surface area contributed by atoms with Crippen molar-refractivity contribution in [2.75, 3.05) is 55.7 Å². The van der Waals surface area contributed by atoms with Crippen molar-refractivity contribution in [1.29, 1.82) is 0 Å². The summed E-state index contributed by atoms with van der Waals surface area (Å²) in [7, 11) is 0. The van der Waals surface area contributed by atoms with Crippen molar-refractivity contribution in [3.63, 3.8) is 0 Å². The van der Waals surface area contributed by atoms with Crippen LogP contribution in [0, 0.1) is 0 Å². The first kappa shape index (κ1) is 21.1. The van der Waals surface area contributed by atoms with Gasteiger partial charge in [-0.2, -0.15) is 0 Å². The van der Waals surface area contributed by atoms with Crippen LogP contribution in [0.2, 0.25) is 10.0 Å². The van der Waals surface area contributed by atoms with Gasteiger partial charge in [0.15, 0.2) is 0 Å². The Labute approximate surface area is 193 Å². The summed E-state index contributed by atoms with van der Waals surface area (Å²) >= 11 is 12.5. The van der Waals surface area contributed by atoms with Gasteiger partial charge in [0, 0.05) is 51.3 Å². The van der Waals surface area contributed by atoms with E-state index in [9.17, 15) is 4.79 Å². The zero-order valence-electron chi connectivity index (χ0n) is 17.5. The van der Waals surface area contributed by atoms with Gasteiger partial charge in [0.25, 0.3) is 0 Å². The highest BCUT2D eigenvalue weighted by molar-refractivity contribution is 6.43. The van der Waals surface area contributed by atoms with Crippen molar-refractivity contribution in [2.24, 2.45) is 0 Å². The molecule has 0 saturated carbocycles. The van der Waals surface area contributed by atoms with Crippen molar-refractivity contribution in [1.82, 2.24) is 4.90 Å². The smallest absolute Gasteiger partial charge is 0.227 e. The number of ether oxygens (including phenoxy) is 1. The highest BCUT2D eigenvalue weighted by Gasteiger charge is 2.37. The van der Waals surface area contributed by atoms with Crippen LogP contribution in [0.1, 0.15) is 30.1 Å². The zero-order valence-corrected chi connectivity index (χ0v) is 19.0. The van der Waals surface area contributed by atoms with E-state index in [2.05, 4.69) is 28.0 Å². The molecule has 0 bridgehead atoms. The number of carbonyl (C=O) groups excluding carboxylic acids is 1. The standard InChI is InChI=1S/C24H27Cl2N3O2/c25-19-6-2-7-20(23(19)26)28-13-11-27(12-14-28)10-3-15-31-21-16-29-22(30)9-8-17-4-1-5-18(21)24(17)29/h1-2,4-7,21H,3,8-16H2. The maximum atomic E-state index is 12.3. The third-order valence-electron chi connectivity index (χ3n) is 6.61. The minimum atomic E-state index is -0.00109. The molecule has 1 fully saturated rings. The van der Waals surface area contributed by atoms with Crippen LogP contribution in [0.25, 0.3) is 0 Å². The number of carbonyl (C=O) groups is 1. The third kappa shape index (κ3) is 4.17. The summed E-state index contributed by atoms with van der Waals surface area (Å²) < 4.78 is 6.24. The molecule has 5 rings (SSSR count). The fourth-order valence-corrected chi connectivity index (χ4v) is 5.38. The first-order valence-corrected chi connectivity index (χ1v) is 11.8. The maximum Gasteiger partial charge on any atom is 0.227 e. The number of amides is 1. The Balaban J connectivity index is 1.09. The summed E-state index contributed by atoms with van der Waals surface area (Å²) in [4.78, 5) is 19.0. The molecule has 1 saturated heterocycles. The number of hydrogen-bond acceptors (Lipinski definition) is 4. The van der Waals surface area contributed by atoms with Crippen LogP contribution in [0.5, 0.6) is 0 Å². The number of piperazine rings is 1. The van der Waals surface area contributed by atoms with Gasteiger partial charge >= 0.3 is 0 Å². The molecule has 7 heteroatoms. The molecule has 1 unspecified atom stereocenters. The number of hydrogen-bond donors (Lipinski definition) is 0. The van der Waals surface area contributed by atoms with E-state index in [0.717, 1.165) is 56.9 Å². The molecule has 0 aliphatic carbocycles. The summed E-state index contributed by atoms with van der Waals surface area (Å²) in [6.45, 7) is 6.26. The second kappa shape index (κ2) is 8.99. The molecule has 0 N–H and O–H groups in total. The zero-order chi connectivity index (χ0) is 21.4. The van der Waals surface area contributed by atoms with E-state index in [1.807, 2.05) is 23.1 Å². The lowest BCUT2D eigenvalue weighted by Crippen LogP contribution is -2.46. The Morgan fingerprint density at radius 2 is 1.81 bits per heavy atom. The van der Waals surface area contributed by atoms with E-state index in [0.29, 0.717) is 29.6 Å². The lowest BCUT2D eigenvalue weighted by Gasteiger charge is -2.36. The van der Waals surface area contributed by atoms with Gasteiger partial charge in [-0.3, -0.25) is 9.69 Å². The molecule has 0 radical (unpaired) electrons. The molecule has 0 spiro atoms. The predicted octanol–water partition coefficient (Wildman–Crippen LogP) is 4.56. The quantitative estimate of drug-likeness (QED) is 0.593. The Bertz CT molecular complexity index is 975. The molecule has 2 aromatic rings. The molecule has 0 aromatic heterocycles. The normalized spacial score (nSPS) is 21.0. The SMILES string of the molecule is O=C1CCc2cccc3c2N1CC3OCCCN1CCN(c2cccc(Cl)c2Cl)CC1. The number of halogens is 2. The molecule has 31 heavy (non-hydrogen) atoms. The van der Waals surface area contributed by atoms with Crippen LogP contribution in [0.3, 0.4) is 0 Å². The van der Waals surface area contributed by atoms with Crippen molar-refractivity contribution < 1.29 is 9.53 Å². The van der Waals surface area contributed by atoms with Gasteiger partial charge in [0.2, 0.25) is 5.91 Å². The highest BCUT2D eigenvalue weighted by atomic mass is 35.5. The van der Waals surface area contributed by atoms with Gasteiger partial charge in [-0.15, -0.1) is 0 Å². The van der Waals surface area contributed by atoms with Crippen LogP contribution >= 0.6 is 23.2 Å². The Hall–Kier alpha value is -1.79. The van der Waals surface area contributed by atoms with Crippen LogP contribution < -0.4 is 9.80 Å². The van der Waals surface area contributed by atoms with E-state index in [4.69, 9.17) is 27.9 Å². The molecule has 1 atom stereocenters. The number of nitrogens with zero attached hydrogens (tertiary/aromatic N) is 3. The van der Waals surface area contributed by atoms with Gasteiger partial charge < -0.3 is 14.5 Å². The van der Waals surface area contributed by atoms with Crippen molar-refractivity contribution in [2.45, 2.75) is 25.4 Å². The fourth-order valence-electron chi connectivity index (χ4n) is 4.97. The largest absolute Gasteiger partial charge is 0.372 e. The molecule has 3 heterocycles. The van der Waals surface area contributed by atoms with E-state index in [-0.39, 0.29) is 12.0 Å². The first-order valence-electron chi connectivity index (χ1n) is 11.1. The Kier molecular flexibility index (Phi) is 6.11. The van der Waals surface area contributed by atoms with Crippen molar-refractivity contribution >= 4 is 40.5 Å². The van der Waals surface area contributed by atoms with Crippen LogP contribution in [0.15, 0.2) is 36.4 Å². The van der Waals surface area contributed by atoms with Crippen molar-refractivity contribution in [3.05, 3.63) is 57.6 Å². The number of rotatable bonds is 6. The molecule has 1 amide bonds. The van der Waals surface area contributed by atoms with E-state index >= 15 is 0 Å². The molecule has 5 nitrogen and oxygen atoms in total. The summed E-state index contributed by atoms with van der Waals surface area (Å²) in [5, 5.41) is 1.25. The minimum absolute atomic E-state index is 0.00109. The van der Waals surface area contributed by atoms with Crippen molar-refractivity contribution in [3.8, 4) is 0 Å². The molecular formula is C24H27Cl2N3O2. The number of anilines is 2. The van der Waals surface area contributed by atoms with Crippen LogP contribution in [0.4, 0.5) is 11.4 Å². The third-order valence-corrected chi connectivity index (χ3v) is 7.42. The second-order valence-electron chi connectivity index (χ2n) is 8.47. The number of para-hydroxylation sites is 1. The fraction of sp³-hybridized carbons (Fsp3) is 0.458. The predicted molar refractivity (Wildman–Crippen MR) is 126 cm³/mol. The lowest BCUT2D eigenvalue weighted by atomic mass is 9.99. The highest BCUT2D eigenvalue weighted by Crippen LogP contribution is 2.42. The molecule has 164 valence electrons. The Morgan fingerprint density at radius 3 is 2.65 bits per heavy atom. The Morgan fingerprint density at radius 1 is 1.00 bits per heavy atom. The average Bonchev–Trinajstić information content (AvgIpc) is 3.17. The van der Waals surface area contributed by atoms with E-state index in [1.165, 1.54) is 11.1 Å². The molecule has 2 aromatic carbocycles. The second-order valence-corrected chi connectivity index (χ2v) is 9.26. The minimum Gasteiger partial charge on any atom is -0.372 e. The first-order chi connectivity index (χ1) is 15.1. The topological polar surface area (TPSA) is 36.0 Å².